The summed E-state index contributed by atoms with van der Waals surface area (Å²) in [6.45, 7) is 0. The molecule has 2 rings (SSSR count). The lowest BCUT2D eigenvalue weighted by Gasteiger charge is -2.09. The van der Waals surface area contributed by atoms with Crippen LogP contribution < -0.4 is 10.5 Å². The van der Waals surface area contributed by atoms with Crippen molar-refractivity contribution < 1.29 is 12.8 Å². The Balaban J connectivity index is 2.21. The zero-order valence-corrected chi connectivity index (χ0v) is 11.9. The molecule has 0 aliphatic rings. The first-order valence-electron chi connectivity index (χ1n) is 5.66. The molecule has 0 heterocycles. The van der Waals surface area contributed by atoms with Crippen molar-refractivity contribution in [2.45, 2.75) is 5.75 Å². The number of rotatable bonds is 4. The van der Waals surface area contributed by atoms with Crippen LogP contribution in [0.3, 0.4) is 0 Å². The summed E-state index contributed by atoms with van der Waals surface area (Å²) < 4.78 is 39.6. The fourth-order valence-electron chi connectivity index (χ4n) is 1.68. The average Bonchev–Trinajstić information content (AvgIpc) is 2.33. The van der Waals surface area contributed by atoms with E-state index in [1.54, 1.807) is 24.3 Å². The second-order valence-electron chi connectivity index (χ2n) is 4.23. The van der Waals surface area contributed by atoms with Gasteiger partial charge in [0, 0.05) is 10.7 Å². The Kier molecular flexibility index (Phi) is 4.15. The van der Waals surface area contributed by atoms with Gasteiger partial charge >= 0.3 is 0 Å². The predicted octanol–water partition coefficient (Wildman–Crippen LogP) is 3.00. The molecule has 0 bridgehead atoms. The van der Waals surface area contributed by atoms with E-state index in [9.17, 15) is 12.8 Å². The van der Waals surface area contributed by atoms with Crippen molar-refractivity contribution in [1.82, 2.24) is 0 Å². The fraction of sp³-hybridized carbons (Fsp3) is 0.0769. The molecule has 0 fully saturated rings. The van der Waals surface area contributed by atoms with Gasteiger partial charge in [-0.25, -0.2) is 12.8 Å². The van der Waals surface area contributed by atoms with Crippen LogP contribution >= 0.6 is 11.6 Å². The van der Waals surface area contributed by atoms with Gasteiger partial charge in [0.1, 0.15) is 5.82 Å². The molecule has 106 valence electrons. The number of nitrogens with two attached hydrogens (primary N) is 1. The molecule has 2 aromatic carbocycles. The molecule has 0 saturated heterocycles. The molecule has 4 nitrogen and oxygen atoms in total. The van der Waals surface area contributed by atoms with E-state index in [0.717, 1.165) is 6.07 Å². The molecule has 0 amide bonds. The van der Waals surface area contributed by atoms with Crippen LogP contribution in [0.5, 0.6) is 0 Å². The highest BCUT2D eigenvalue weighted by atomic mass is 35.5. The second-order valence-corrected chi connectivity index (χ2v) is 6.39. The third-order valence-electron chi connectivity index (χ3n) is 2.50. The molecule has 0 aliphatic carbocycles. The second kappa shape index (κ2) is 5.68. The van der Waals surface area contributed by atoms with Gasteiger partial charge in [-0.2, -0.15) is 0 Å². The lowest BCUT2D eigenvalue weighted by Crippen LogP contribution is -2.16. The highest BCUT2D eigenvalue weighted by molar-refractivity contribution is 7.91. The summed E-state index contributed by atoms with van der Waals surface area (Å²) in [6.07, 6.45) is 0. The zero-order chi connectivity index (χ0) is 14.8. The van der Waals surface area contributed by atoms with Gasteiger partial charge in [0.05, 0.1) is 11.4 Å². The van der Waals surface area contributed by atoms with Crippen molar-refractivity contribution in [2.75, 3.05) is 10.5 Å². The highest BCUT2D eigenvalue weighted by Gasteiger charge is 2.14. The molecule has 0 spiro atoms. The number of hydrogen-bond acceptors (Lipinski definition) is 3. The van der Waals surface area contributed by atoms with Gasteiger partial charge in [-0.1, -0.05) is 23.7 Å². The maximum Gasteiger partial charge on any atom is 0.237 e. The molecule has 0 unspecified atom stereocenters. The summed E-state index contributed by atoms with van der Waals surface area (Å²) >= 11 is 5.71. The third-order valence-corrected chi connectivity index (χ3v) is 3.98. The van der Waals surface area contributed by atoms with Crippen LogP contribution in [0.2, 0.25) is 5.02 Å². The summed E-state index contributed by atoms with van der Waals surface area (Å²) in [5.74, 6) is -0.991. The summed E-state index contributed by atoms with van der Waals surface area (Å²) in [4.78, 5) is 0. The van der Waals surface area contributed by atoms with Crippen molar-refractivity contribution in [3.63, 3.8) is 0 Å². The maximum absolute atomic E-state index is 13.5. The molecule has 2 aromatic rings. The Hall–Kier alpha value is -1.79. The van der Waals surface area contributed by atoms with Gasteiger partial charge in [-0.05, 0) is 35.9 Å². The largest absolute Gasteiger partial charge is 0.399 e. The summed E-state index contributed by atoms with van der Waals surface area (Å²) in [7, 11) is -3.75. The van der Waals surface area contributed by atoms with E-state index in [-0.39, 0.29) is 16.5 Å². The van der Waals surface area contributed by atoms with Crippen LogP contribution in [0, 0.1) is 5.82 Å². The number of nitrogens with one attached hydrogen (secondary N) is 1. The average molecular weight is 315 g/mol. The maximum atomic E-state index is 13.5. The number of benzene rings is 2. The Labute approximate surface area is 121 Å². The van der Waals surface area contributed by atoms with E-state index in [2.05, 4.69) is 4.72 Å². The van der Waals surface area contributed by atoms with E-state index in [0.29, 0.717) is 11.3 Å². The lowest BCUT2D eigenvalue weighted by atomic mass is 10.2. The third kappa shape index (κ3) is 3.85. The smallest absolute Gasteiger partial charge is 0.237 e. The molecular weight excluding hydrogens is 303 g/mol. The van der Waals surface area contributed by atoms with E-state index < -0.39 is 15.8 Å². The van der Waals surface area contributed by atoms with Crippen molar-refractivity contribution in [1.29, 1.82) is 0 Å². The highest BCUT2D eigenvalue weighted by Crippen LogP contribution is 2.21. The Morgan fingerprint density at radius 1 is 1.20 bits per heavy atom. The van der Waals surface area contributed by atoms with Crippen LogP contribution in [0.4, 0.5) is 15.8 Å². The number of sulfonamides is 1. The topological polar surface area (TPSA) is 72.2 Å². The van der Waals surface area contributed by atoms with Crippen LogP contribution in [0.1, 0.15) is 5.56 Å². The van der Waals surface area contributed by atoms with Gasteiger partial charge in [-0.15, -0.1) is 0 Å². The molecular formula is C13H12ClFN2O2S. The monoisotopic (exact) mass is 314 g/mol. The van der Waals surface area contributed by atoms with Gasteiger partial charge in [0.15, 0.2) is 0 Å². The van der Waals surface area contributed by atoms with Crippen LogP contribution in [-0.4, -0.2) is 8.42 Å². The van der Waals surface area contributed by atoms with E-state index in [1.807, 2.05) is 0 Å². The summed E-state index contributed by atoms with van der Waals surface area (Å²) in [5, 5.41) is 0.244. The predicted molar refractivity (Wildman–Crippen MR) is 78.5 cm³/mol. The van der Waals surface area contributed by atoms with Crippen LogP contribution in [-0.2, 0) is 15.8 Å². The number of anilines is 2. The first kappa shape index (κ1) is 14.6. The molecule has 0 saturated carbocycles. The van der Waals surface area contributed by atoms with Gasteiger partial charge < -0.3 is 5.73 Å². The Bertz CT molecular complexity index is 735. The Morgan fingerprint density at radius 2 is 1.95 bits per heavy atom. The molecule has 7 heteroatoms. The lowest BCUT2D eigenvalue weighted by molar-refractivity contribution is 0.598. The van der Waals surface area contributed by atoms with Crippen molar-refractivity contribution in [2.24, 2.45) is 0 Å². The minimum atomic E-state index is -3.75. The van der Waals surface area contributed by atoms with Gasteiger partial charge in [0.2, 0.25) is 10.0 Å². The molecule has 0 aliphatic heterocycles. The Morgan fingerprint density at radius 3 is 2.65 bits per heavy atom. The SMILES string of the molecule is Nc1cccc(CS(=O)(=O)Nc2cc(Cl)ccc2F)c1. The van der Waals surface area contributed by atoms with Gasteiger partial charge in [-0.3, -0.25) is 4.72 Å². The molecule has 0 atom stereocenters. The van der Waals surface area contributed by atoms with E-state index >= 15 is 0 Å². The van der Waals surface area contributed by atoms with Crippen molar-refractivity contribution in [3.05, 3.63) is 58.9 Å². The standard InChI is InChI=1S/C13H12ClFN2O2S/c14-10-4-5-12(15)13(7-10)17-20(18,19)8-9-2-1-3-11(16)6-9/h1-7,17H,8,16H2. The molecule has 20 heavy (non-hydrogen) atoms. The van der Waals surface area contributed by atoms with Crippen molar-refractivity contribution in [3.8, 4) is 0 Å². The molecule has 3 N–H and O–H groups in total. The van der Waals surface area contributed by atoms with E-state index in [1.165, 1.54) is 12.1 Å². The zero-order valence-electron chi connectivity index (χ0n) is 10.3. The minimum Gasteiger partial charge on any atom is -0.399 e. The number of halogens is 2. The number of hydrogen-bond donors (Lipinski definition) is 2. The van der Waals surface area contributed by atoms with Crippen LogP contribution in [0.15, 0.2) is 42.5 Å². The molecule has 0 aromatic heterocycles. The normalized spacial score (nSPS) is 11.3. The first-order valence-corrected chi connectivity index (χ1v) is 7.69. The minimum absolute atomic E-state index is 0.179. The summed E-state index contributed by atoms with van der Waals surface area (Å²) in [6, 6.07) is 10.1. The summed E-state index contributed by atoms with van der Waals surface area (Å²) in [5.41, 5.74) is 6.38. The molecule has 0 radical (unpaired) electrons. The fourth-order valence-corrected chi connectivity index (χ4v) is 3.04. The quantitative estimate of drug-likeness (QED) is 0.852. The van der Waals surface area contributed by atoms with Crippen LogP contribution in [0.25, 0.3) is 0 Å². The van der Waals surface area contributed by atoms with Crippen molar-refractivity contribution >= 4 is 33.0 Å². The first-order chi connectivity index (χ1) is 9.35. The van der Waals surface area contributed by atoms with Gasteiger partial charge in [0.25, 0.3) is 0 Å². The number of nitrogen functional groups attached to an aromatic ring is 1. The van der Waals surface area contributed by atoms with E-state index in [4.69, 9.17) is 17.3 Å².